The summed E-state index contributed by atoms with van der Waals surface area (Å²) < 4.78 is 5.20. The minimum Gasteiger partial charge on any atom is -0.486 e. The molecule has 2 rings (SSSR count). The first-order chi connectivity index (χ1) is 6.90. The lowest BCUT2D eigenvalue weighted by molar-refractivity contribution is -0.109. The molecule has 0 amide bonds. The van der Waals surface area contributed by atoms with E-state index in [9.17, 15) is 4.79 Å². The largest absolute Gasteiger partial charge is 0.486 e. The fourth-order valence-electron chi connectivity index (χ4n) is 1.39. The van der Waals surface area contributed by atoms with Crippen molar-refractivity contribution in [3.8, 4) is 5.75 Å². The molecule has 2 aromatic carbocycles. The highest BCUT2D eigenvalue weighted by Crippen LogP contribution is 2.20. The lowest BCUT2D eigenvalue weighted by Gasteiger charge is -2.03. The van der Waals surface area contributed by atoms with Crippen molar-refractivity contribution in [3.63, 3.8) is 0 Å². The summed E-state index contributed by atoms with van der Waals surface area (Å²) in [5, 5.41) is 2.29. The van der Waals surface area contributed by atoms with Gasteiger partial charge in [-0.15, -0.1) is 0 Å². The van der Waals surface area contributed by atoms with Gasteiger partial charge in [0.1, 0.15) is 12.4 Å². The number of aldehydes is 1. The summed E-state index contributed by atoms with van der Waals surface area (Å²) in [6, 6.07) is 13.8. The first-order valence-corrected chi connectivity index (χ1v) is 4.45. The Balaban J connectivity index is 2.36. The molecule has 0 fully saturated rings. The van der Waals surface area contributed by atoms with Crippen LogP contribution in [0.1, 0.15) is 0 Å². The molecule has 0 aromatic heterocycles. The van der Waals surface area contributed by atoms with E-state index in [2.05, 4.69) is 0 Å². The van der Waals surface area contributed by atoms with Gasteiger partial charge in [0.25, 0.3) is 0 Å². The second-order valence-electron chi connectivity index (χ2n) is 2.99. The molecule has 0 aliphatic carbocycles. The van der Waals surface area contributed by atoms with Crippen LogP contribution in [0.3, 0.4) is 0 Å². The molecule has 0 aliphatic heterocycles. The first kappa shape index (κ1) is 8.75. The Morgan fingerprint density at radius 1 is 1.07 bits per heavy atom. The van der Waals surface area contributed by atoms with Crippen molar-refractivity contribution in [1.29, 1.82) is 0 Å². The monoisotopic (exact) mass is 186 g/mol. The number of rotatable bonds is 3. The summed E-state index contributed by atoms with van der Waals surface area (Å²) >= 11 is 0. The molecule has 0 unspecified atom stereocenters. The highest BCUT2D eigenvalue weighted by molar-refractivity contribution is 5.83. The lowest BCUT2D eigenvalue weighted by atomic mass is 10.1. The Hall–Kier alpha value is -1.83. The highest BCUT2D eigenvalue weighted by atomic mass is 16.5. The van der Waals surface area contributed by atoms with Crippen LogP contribution >= 0.6 is 0 Å². The molecule has 0 atom stereocenters. The van der Waals surface area contributed by atoms with E-state index in [0.717, 1.165) is 17.4 Å². The second-order valence-corrected chi connectivity index (χ2v) is 2.99. The van der Waals surface area contributed by atoms with Gasteiger partial charge < -0.3 is 4.74 Å². The Labute approximate surface area is 82.1 Å². The van der Waals surface area contributed by atoms with Gasteiger partial charge in [0.05, 0.1) is 0 Å². The van der Waals surface area contributed by atoms with E-state index in [1.165, 1.54) is 5.39 Å². The smallest absolute Gasteiger partial charge is 0.157 e. The predicted molar refractivity (Wildman–Crippen MR) is 55.5 cm³/mol. The van der Waals surface area contributed by atoms with Crippen LogP contribution in [-0.4, -0.2) is 12.9 Å². The maximum atomic E-state index is 10.1. The van der Waals surface area contributed by atoms with Crippen molar-refractivity contribution in [3.05, 3.63) is 42.5 Å². The summed E-state index contributed by atoms with van der Waals surface area (Å²) in [7, 11) is 0. The maximum absolute atomic E-state index is 10.1. The number of hydrogen-bond acceptors (Lipinski definition) is 2. The summed E-state index contributed by atoms with van der Waals surface area (Å²) in [4.78, 5) is 10.1. The zero-order valence-corrected chi connectivity index (χ0v) is 7.64. The standard InChI is InChI=1S/C12H10O2/c13-7-8-14-12-6-5-10-3-1-2-4-11(10)9-12/h1-7,9H,8H2. The molecule has 2 nitrogen and oxygen atoms in total. The van der Waals surface area contributed by atoms with Crippen LogP contribution in [0, 0.1) is 0 Å². The Bertz CT molecular complexity index is 449. The molecule has 0 spiro atoms. The fourth-order valence-corrected chi connectivity index (χ4v) is 1.39. The van der Waals surface area contributed by atoms with Crippen LogP contribution in [0.4, 0.5) is 0 Å². The Morgan fingerprint density at radius 3 is 2.64 bits per heavy atom. The van der Waals surface area contributed by atoms with Gasteiger partial charge in [-0.05, 0) is 22.9 Å². The molecule has 2 heteroatoms. The van der Waals surface area contributed by atoms with Gasteiger partial charge in [-0.2, -0.15) is 0 Å². The molecule has 0 saturated carbocycles. The number of fused-ring (bicyclic) bond motifs is 1. The minimum atomic E-state index is 0.109. The summed E-state index contributed by atoms with van der Waals surface area (Å²) in [6.45, 7) is 0.109. The third kappa shape index (κ3) is 1.74. The van der Waals surface area contributed by atoms with Crippen molar-refractivity contribution < 1.29 is 9.53 Å². The number of carbonyl (C=O) groups excluding carboxylic acids is 1. The summed E-state index contributed by atoms with van der Waals surface area (Å²) in [5.74, 6) is 0.732. The van der Waals surface area contributed by atoms with Crippen molar-refractivity contribution in [2.24, 2.45) is 0 Å². The van der Waals surface area contributed by atoms with Crippen molar-refractivity contribution >= 4 is 17.1 Å². The van der Waals surface area contributed by atoms with Crippen LogP contribution in [-0.2, 0) is 4.79 Å². The molecule has 0 saturated heterocycles. The van der Waals surface area contributed by atoms with Crippen LogP contribution in [0.25, 0.3) is 10.8 Å². The van der Waals surface area contributed by atoms with Crippen molar-refractivity contribution in [2.45, 2.75) is 0 Å². The van der Waals surface area contributed by atoms with Crippen LogP contribution in [0.2, 0.25) is 0 Å². The SMILES string of the molecule is O=CCOc1ccc2ccccc2c1. The molecule has 70 valence electrons. The Kier molecular flexibility index (Phi) is 2.45. The average Bonchev–Trinajstić information content (AvgIpc) is 2.26. The van der Waals surface area contributed by atoms with Gasteiger partial charge in [0.15, 0.2) is 6.29 Å². The van der Waals surface area contributed by atoms with Crippen LogP contribution in [0.5, 0.6) is 5.75 Å². The number of hydrogen-bond donors (Lipinski definition) is 0. The number of benzene rings is 2. The number of carbonyl (C=O) groups is 1. The molecular weight excluding hydrogens is 176 g/mol. The van der Waals surface area contributed by atoms with Gasteiger partial charge in [-0.1, -0.05) is 30.3 Å². The van der Waals surface area contributed by atoms with E-state index in [-0.39, 0.29) is 6.61 Å². The molecule has 0 N–H and O–H groups in total. The minimum absolute atomic E-state index is 0.109. The third-order valence-corrected chi connectivity index (χ3v) is 2.04. The Morgan fingerprint density at radius 2 is 1.86 bits per heavy atom. The molecule has 0 radical (unpaired) electrons. The molecule has 0 bridgehead atoms. The van der Waals surface area contributed by atoms with Gasteiger partial charge in [-0.3, -0.25) is 4.79 Å². The van der Waals surface area contributed by atoms with Crippen molar-refractivity contribution in [1.82, 2.24) is 0 Å². The summed E-state index contributed by atoms with van der Waals surface area (Å²) in [6.07, 6.45) is 0.745. The van der Waals surface area contributed by atoms with Gasteiger partial charge in [0.2, 0.25) is 0 Å². The molecular formula is C12H10O2. The van der Waals surface area contributed by atoms with E-state index in [4.69, 9.17) is 4.74 Å². The zero-order chi connectivity index (χ0) is 9.80. The third-order valence-electron chi connectivity index (χ3n) is 2.04. The van der Waals surface area contributed by atoms with E-state index in [1.54, 1.807) is 0 Å². The lowest BCUT2D eigenvalue weighted by Crippen LogP contribution is -1.97. The fraction of sp³-hybridized carbons (Fsp3) is 0.0833. The quantitative estimate of drug-likeness (QED) is 0.688. The van der Waals surface area contributed by atoms with Crippen LogP contribution < -0.4 is 4.74 Å². The zero-order valence-electron chi connectivity index (χ0n) is 7.64. The second kappa shape index (κ2) is 3.92. The topological polar surface area (TPSA) is 26.3 Å². The molecule has 0 aliphatic rings. The average molecular weight is 186 g/mol. The molecule has 14 heavy (non-hydrogen) atoms. The first-order valence-electron chi connectivity index (χ1n) is 4.45. The van der Waals surface area contributed by atoms with E-state index < -0.39 is 0 Å². The number of ether oxygens (including phenoxy) is 1. The predicted octanol–water partition coefficient (Wildman–Crippen LogP) is 2.42. The van der Waals surface area contributed by atoms with Crippen LogP contribution in [0.15, 0.2) is 42.5 Å². The van der Waals surface area contributed by atoms with Gasteiger partial charge in [0, 0.05) is 0 Å². The van der Waals surface area contributed by atoms with Gasteiger partial charge in [-0.25, -0.2) is 0 Å². The van der Waals surface area contributed by atoms with E-state index in [1.807, 2.05) is 42.5 Å². The maximum Gasteiger partial charge on any atom is 0.157 e. The summed E-state index contributed by atoms with van der Waals surface area (Å²) in [5.41, 5.74) is 0. The highest BCUT2D eigenvalue weighted by Gasteiger charge is 1.95. The van der Waals surface area contributed by atoms with Gasteiger partial charge >= 0.3 is 0 Å². The van der Waals surface area contributed by atoms with E-state index >= 15 is 0 Å². The van der Waals surface area contributed by atoms with E-state index in [0.29, 0.717) is 0 Å². The molecule has 0 heterocycles. The van der Waals surface area contributed by atoms with Crippen molar-refractivity contribution in [2.75, 3.05) is 6.61 Å². The normalized spacial score (nSPS) is 10.0. The molecule has 2 aromatic rings.